The molecular formula is C27H33N5O5. The highest BCUT2D eigenvalue weighted by Gasteiger charge is 2.20. The molecule has 196 valence electrons. The maximum atomic E-state index is 13.2. The average molecular weight is 508 g/mol. The normalized spacial score (nSPS) is 16.2. The van der Waals surface area contributed by atoms with E-state index in [9.17, 15) is 19.7 Å². The summed E-state index contributed by atoms with van der Waals surface area (Å²) < 4.78 is 5.38. The third kappa shape index (κ3) is 7.61. The molecule has 2 aromatic rings. The van der Waals surface area contributed by atoms with E-state index >= 15 is 0 Å². The number of ether oxygens (including phenoxy) is 1. The molecule has 0 spiro atoms. The maximum absolute atomic E-state index is 13.2. The minimum atomic E-state index is -0.468. The molecule has 0 atom stereocenters. The van der Waals surface area contributed by atoms with Gasteiger partial charge in [-0.3, -0.25) is 24.6 Å². The summed E-state index contributed by atoms with van der Waals surface area (Å²) in [6.07, 6.45) is 5.98. The van der Waals surface area contributed by atoms with Crippen LogP contribution in [0.3, 0.4) is 0 Å². The van der Waals surface area contributed by atoms with E-state index in [1.54, 1.807) is 30.3 Å². The van der Waals surface area contributed by atoms with Crippen LogP contribution in [0.25, 0.3) is 6.08 Å². The SMILES string of the molecule is O=C(C=Cc1ccc([N+](=O)[O-])cc1)Nc1ccc(N2CCCC2)c(C(=O)NCCCN2CCOCC2)c1. The Bertz CT molecular complexity index is 1120. The summed E-state index contributed by atoms with van der Waals surface area (Å²) in [4.78, 5) is 40.5. The van der Waals surface area contributed by atoms with Crippen LogP contribution in [-0.2, 0) is 9.53 Å². The molecule has 0 aliphatic carbocycles. The van der Waals surface area contributed by atoms with Gasteiger partial charge < -0.3 is 20.3 Å². The number of nitro groups is 1. The van der Waals surface area contributed by atoms with Crippen LogP contribution < -0.4 is 15.5 Å². The molecule has 0 bridgehead atoms. The molecule has 10 nitrogen and oxygen atoms in total. The maximum Gasteiger partial charge on any atom is 0.269 e. The van der Waals surface area contributed by atoms with E-state index in [0.717, 1.165) is 70.9 Å². The van der Waals surface area contributed by atoms with E-state index in [2.05, 4.69) is 20.4 Å². The molecule has 2 N–H and O–H groups in total. The third-order valence-electron chi connectivity index (χ3n) is 6.53. The van der Waals surface area contributed by atoms with Gasteiger partial charge in [0.15, 0.2) is 0 Å². The first kappa shape index (κ1) is 26.3. The molecule has 4 rings (SSSR count). The van der Waals surface area contributed by atoms with Gasteiger partial charge in [0.05, 0.1) is 23.7 Å². The Hall–Kier alpha value is -3.76. The molecule has 0 unspecified atom stereocenters. The van der Waals surface area contributed by atoms with Crippen LogP contribution in [-0.4, -0.2) is 74.1 Å². The lowest BCUT2D eigenvalue weighted by Crippen LogP contribution is -2.38. The number of carbonyl (C=O) groups is 2. The second-order valence-electron chi connectivity index (χ2n) is 9.16. The Morgan fingerprint density at radius 2 is 1.76 bits per heavy atom. The fourth-order valence-electron chi connectivity index (χ4n) is 4.52. The van der Waals surface area contributed by atoms with E-state index in [1.807, 2.05) is 6.07 Å². The highest BCUT2D eigenvalue weighted by molar-refractivity contribution is 6.05. The molecule has 10 heteroatoms. The zero-order chi connectivity index (χ0) is 26.0. The second kappa shape index (κ2) is 13.0. The molecule has 37 heavy (non-hydrogen) atoms. The zero-order valence-corrected chi connectivity index (χ0v) is 20.9. The minimum Gasteiger partial charge on any atom is -0.379 e. The average Bonchev–Trinajstić information content (AvgIpc) is 3.45. The van der Waals surface area contributed by atoms with Crippen molar-refractivity contribution in [3.63, 3.8) is 0 Å². The molecule has 2 aliphatic heterocycles. The molecule has 0 aromatic heterocycles. The Morgan fingerprint density at radius 3 is 2.46 bits per heavy atom. The molecule has 2 saturated heterocycles. The van der Waals surface area contributed by atoms with Crippen LogP contribution >= 0.6 is 0 Å². The van der Waals surface area contributed by atoms with Crippen molar-refractivity contribution in [3.05, 3.63) is 69.8 Å². The van der Waals surface area contributed by atoms with Crippen LogP contribution in [0.5, 0.6) is 0 Å². The molecule has 2 amide bonds. The minimum absolute atomic E-state index is 0.00778. The van der Waals surface area contributed by atoms with Crippen molar-refractivity contribution in [2.24, 2.45) is 0 Å². The molecule has 2 aliphatic rings. The summed E-state index contributed by atoms with van der Waals surface area (Å²) in [6.45, 7) is 6.66. The van der Waals surface area contributed by atoms with Crippen LogP contribution in [0, 0.1) is 10.1 Å². The summed E-state index contributed by atoms with van der Waals surface area (Å²) in [6, 6.07) is 11.4. The van der Waals surface area contributed by atoms with Crippen molar-refractivity contribution in [3.8, 4) is 0 Å². The molecule has 2 fully saturated rings. The lowest BCUT2D eigenvalue weighted by Gasteiger charge is -2.26. The monoisotopic (exact) mass is 507 g/mol. The number of hydrogen-bond donors (Lipinski definition) is 2. The van der Waals surface area contributed by atoms with Gasteiger partial charge in [0.1, 0.15) is 0 Å². The number of benzene rings is 2. The predicted octanol–water partition coefficient (Wildman–Crippen LogP) is 3.30. The lowest BCUT2D eigenvalue weighted by atomic mass is 10.1. The Morgan fingerprint density at radius 1 is 1.03 bits per heavy atom. The number of rotatable bonds is 10. The van der Waals surface area contributed by atoms with Gasteiger partial charge in [-0.15, -0.1) is 0 Å². The van der Waals surface area contributed by atoms with Crippen molar-refractivity contribution in [2.75, 3.05) is 62.7 Å². The van der Waals surface area contributed by atoms with E-state index in [1.165, 1.54) is 18.2 Å². The lowest BCUT2D eigenvalue weighted by molar-refractivity contribution is -0.384. The molecule has 2 heterocycles. The summed E-state index contributed by atoms with van der Waals surface area (Å²) in [5.41, 5.74) is 2.61. The van der Waals surface area contributed by atoms with E-state index in [-0.39, 0.29) is 17.5 Å². The van der Waals surface area contributed by atoms with Crippen molar-refractivity contribution < 1.29 is 19.2 Å². The van der Waals surface area contributed by atoms with E-state index in [0.29, 0.717) is 23.4 Å². The zero-order valence-electron chi connectivity index (χ0n) is 20.9. The smallest absolute Gasteiger partial charge is 0.269 e. The number of nitrogens with one attached hydrogen (secondary N) is 2. The third-order valence-corrected chi connectivity index (χ3v) is 6.53. The summed E-state index contributed by atoms with van der Waals surface area (Å²) in [5.74, 6) is -0.509. The highest BCUT2D eigenvalue weighted by Crippen LogP contribution is 2.27. The van der Waals surface area contributed by atoms with Crippen LogP contribution in [0.15, 0.2) is 48.5 Å². The predicted molar refractivity (Wildman–Crippen MR) is 143 cm³/mol. The molecular weight excluding hydrogens is 474 g/mol. The van der Waals surface area contributed by atoms with Gasteiger partial charge in [0, 0.05) is 62.3 Å². The first-order valence-electron chi connectivity index (χ1n) is 12.7. The first-order valence-corrected chi connectivity index (χ1v) is 12.7. The van der Waals surface area contributed by atoms with Gasteiger partial charge in [0.25, 0.3) is 11.6 Å². The summed E-state index contributed by atoms with van der Waals surface area (Å²) >= 11 is 0. The number of nitro benzene ring substituents is 1. The van der Waals surface area contributed by atoms with E-state index < -0.39 is 4.92 Å². The van der Waals surface area contributed by atoms with Crippen molar-refractivity contribution in [1.82, 2.24) is 10.2 Å². The van der Waals surface area contributed by atoms with Gasteiger partial charge in [-0.05, 0) is 67.8 Å². The van der Waals surface area contributed by atoms with Crippen molar-refractivity contribution in [2.45, 2.75) is 19.3 Å². The first-order chi connectivity index (χ1) is 18.0. The molecule has 2 aromatic carbocycles. The van der Waals surface area contributed by atoms with Crippen molar-refractivity contribution >= 4 is 35.0 Å². The standard InChI is InChI=1S/C27H33N5O5/c33-26(11-6-21-4-8-23(9-5-21)32(35)36)29-22-7-10-25(31-14-1-2-15-31)24(20-22)27(34)28-12-3-13-30-16-18-37-19-17-30/h4-11,20H,1-3,12-19H2,(H,28,34)(H,29,33). The molecule has 0 saturated carbocycles. The summed E-state index contributed by atoms with van der Waals surface area (Å²) in [5, 5.41) is 16.6. The van der Waals surface area contributed by atoms with Crippen LogP contribution in [0.4, 0.5) is 17.1 Å². The number of morpholine rings is 1. The number of nitrogens with zero attached hydrogens (tertiary/aromatic N) is 3. The largest absolute Gasteiger partial charge is 0.379 e. The fraction of sp³-hybridized carbons (Fsp3) is 0.407. The van der Waals surface area contributed by atoms with Gasteiger partial charge >= 0.3 is 0 Å². The number of amides is 2. The number of carbonyl (C=O) groups excluding carboxylic acids is 2. The quantitative estimate of drug-likeness (QED) is 0.219. The summed E-state index contributed by atoms with van der Waals surface area (Å²) in [7, 11) is 0. The van der Waals surface area contributed by atoms with E-state index in [4.69, 9.17) is 4.74 Å². The Kier molecular flexibility index (Phi) is 9.23. The fourth-order valence-corrected chi connectivity index (χ4v) is 4.52. The van der Waals surface area contributed by atoms with Gasteiger partial charge in [-0.25, -0.2) is 0 Å². The number of anilines is 2. The van der Waals surface area contributed by atoms with Gasteiger partial charge in [0.2, 0.25) is 5.91 Å². The van der Waals surface area contributed by atoms with Gasteiger partial charge in [-0.2, -0.15) is 0 Å². The van der Waals surface area contributed by atoms with Crippen molar-refractivity contribution in [1.29, 1.82) is 0 Å². The molecule has 0 radical (unpaired) electrons. The van der Waals surface area contributed by atoms with Crippen LogP contribution in [0.2, 0.25) is 0 Å². The second-order valence-corrected chi connectivity index (χ2v) is 9.16. The topological polar surface area (TPSA) is 117 Å². The highest BCUT2D eigenvalue weighted by atomic mass is 16.6. The number of hydrogen-bond acceptors (Lipinski definition) is 7. The number of non-ortho nitro benzene ring substituents is 1. The van der Waals surface area contributed by atoms with Crippen LogP contribution in [0.1, 0.15) is 35.2 Å². The van der Waals surface area contributed by atoms with Gasteiger partial charge in [-0.1, -0.05) is 0 Å². The Labute approximate surface area is 216 Å². The Balaban J connectivity index is 1.38.